The van der Waals surface area contributed by atoms with E-state index in [-0.39, 0.29) is 18.3 Å². The molecular weight excluding hydrogens is 326 g/mol. The molecule has 0 unspecified atom stereocenters. The highest BCUT2D eigenvalue weighted by molar-refractivity contribution is 7.89. The minimum Gasteiger partial charge on any atom is -0.466 e. The van der Waals surface area contributed by atoms with Crippen LogP contribution in [0, 0.1) is 12.3 Å². The van der Waals surface area contributed by atoms with Crippen molar-refractivity contribution < 1.29 is 17.9 Å². The number of hydrogen-bond acceptors (Lipinski definition) is 4. The predicted octanol–water partition coefficient (Wildman–Crippen LogP) is 2.53. The number of ether oxygens (including phenoxy) is 1. The molecule has 0 radical (unpaired) electrons. The largest absolute Gasteiger partial charge is 0.466 e. The van der Waals surface area contributed by atoms with Gasteiger partial charge >= 0.3 is 5.97 Å². The fourth-order valence-electron chi connectivity index (χ4n) is 3.35. The van der Waals surface area contributed by atoms with Crippen LogP contribution in [0.3, 0.4) is 0 Å². The normalized spacial score (nSPS) is 22.3. The minimum atomic E-state index is -3.32. The number of carbonyl (C=O) groups is 1. The van der Waals surface area contributed by atoms with Crippen molar-refractivity contribution in [3.63, 3.8) is 0 Å². The molecule has 0 bridgehead atoms. The molecule has 2 rings (SSSR count). The summed E-state index contributed by atoms with van der Waals surface area (Å²) in [4.78, 5) is 12.8. The zero-order valence-corrected chi connectivity index (χ0v) is 15.6. The van der Waals surface area contributed by atoms with Crippen molar-refractivity contribution in [3.8, 4) is 0 Å². The molecule has 1 atom stereocenters. The molecule has 0 N–H and O–H groups in total. The second-order valence-electron chi connectivity index (χ2n) is 6.44. The lowest BCUT2D eigenvalue weighted by Gasteiger charge is -2.40. The number of aryl methyl sites for hydroxylation is 1. The maximum Gasteiger partial charge on any atom is 0.313 e. The summed E-state index contributed by atoms with van der Waals surface area (Å²) in [5, 5.41) is 0. The van der Waals surface area contributed by atoms with Gasteiger partial charge in [-0.25, -0.2) is 12.7 Å². The van der Waals surface area contributed by atoms with Crippen LogP contribution in [-0.4, -0.2) is 44.1 Å². The number of benzene rings is 1. The fourth-order valence-corrected chi connectivity index (χ4v) is 4.57. The van der Waals surface area contributed by atoms with Gasteiger partial charge in [0.2, 0.25) is 10.0 Å². The third-order valence-electron chi connectivity index (χ3n) is 4.80. The van der Waals surface area contributed by atoms with Crippen LogP contribution in [0.1, 0.15) is 37.8 Å². The summed E-state index contributed by atoms with van der Waals surface area (Å²) in [5.41, 5.74) is 1.38. The lowest BCUT2D eigenvalue weighted by Crippen LogP contribution is -2.52. The van der Waals surface area contributed by atoms with E-state index in [0.717, 1.165) is 11.1 Å². The first-order valence-corrected chi connectivity index (χ1v) is 10.1. The molecule has 1 aromatic carbocycles. The second-order valence-corrected chi connectivity index (χ2v) is 8.70. The van der Waals surface area contributed by atoms with E-state index in [1.165, 1.54) is 4.31 Å². The molecule has 0 spiro atoms. The minimum absolute atomic E-state index is 0.0519. The Morgan fingerprint density at radius 3 is 2.62 bits per heavy atom. The monoisotopic (exact) mass is 353 g/mol. The van der Waals surface area contributed by atoms with E-state index < -0.39 is 15.4 Å². The quantitative estimate of drug-likeness (QED) is 0.737. The van der Waals surface area contributed by atoms with Crippen LogP contribution in [0.4, 0.5) is 0 Å². The third-order valence-corrected chi connectivity index (χ3v) is 6.63. The Morgan fingerprint density at radius 2 is 2.00 bits per heavy atom. The number of esters is 1. The topological polar surface area (TPSA) is 63.7 Å². The first-order chi connectivity index (χ1) is 11.3. The summed E-state index contributed by atoms with van der Waals surface area (Å²) in [6.45, 7) is 6.41. The van der Waals surface area contributed by atoms with Crippen molar-refractivity contribution in [2.24, 2.45) is 5.41 Å². The van der Waals surface area contributed by atoms with Gasteiger partial charge in [0.25, 0.3) is 0 Å². The summed E-state index contributed by atoms with van der Waals surface area (Å²) in [7, 11) is -3.32. The number of piperidine rings is 1. The van der Waals surface area contributed by atoms with Crippen LogP contribution in [0.15, 0.2) is 24.3 Å². The molecule has 0 saturated carbocycles. The van der Waals surface area contributed by atoms with Crippen LogP contribution in [0.25, 0.3) is 0 Å². The van der Waals surface area contributed by atoms with E-state index in [0.29, 0.717) is 32.4 Å². The molecule has 0 aliphatic carbocycles. The molecule has 1 fully saturated rings. The van der Waals surface area contributed by atoms with Crippen molar-refractivity contribution in [1.29, 1.82) is 0 Å². The summed E-state index contributed by atoms with van der Waals surface area (Å²) < 4.78 is 31.4. The van der Waals surface area contributed by atoms with Gasteiger partial charge in [-0.3, -0.25) is 4.79 Å². The Labute approximate surface area is 145 Å². The lowest BCUT2D eigenvalue weighted by molar-refractivity contribution is -0.157. The number of rotatable bonds is 6. The zero-order chi connectivity index (χ0) is 17.8. The molecule has 0 amide bonds. The number of carbonyl (C=O) groups excluding carboxylic acids is 1. The van der Waals surface area contributed by atoms with Crippen molar-refractivity contribution in [3.05, 3.63) is 35.4 Å². The lowest BCUT2D eigenvalue weighted by atomic mass is 9.75. The van der Waals surface area contributed by atoms with Gasteiger partial charge in [-0.15, -0.1) is 0 Å². The highest BCUT2D eigenvalue weighted by Crippen LogP contribution is 2.37. The predicted molar refractivity (Wildman–Crippen MR) is 94.2 cm³/mol. The van der Waals surface area contributed by atoms with Crippen LogP contribution in [0.5, 0.6) is 0 Å². The van der Waals surface area contributed by atoms with Crippen LogP contribution in [-0.2, 0) is 26.0 Å². The Balaban J connectivity index is 2.37. The zero-order valence-electron chi connectivity index (χ0n) is 14.7. The Bertz CT molecular complexity index is 686. The molecule has 1 aliphatic heterocycles. The smallest absolute Gasteiger partial charge is 0.313 e. The highest BCUT2D eigenvalue weighted by atomic mass is 32.2. The number of hydrogen-bond donors (Lipinski definition) is 0. The van der Waals surface area contributed by atoms with Gasteiger partial charge in [0, 0.05) is 13.1 Å². The van der Waals surface area contributed by atoms with Crippen LogP contribution < -0.4 is 0 Å². The van der Waals surface area contributed by atoms with Gasteiger partial charge in [0.15, 0.2) is 0 Å². The molecule has 24 heavy (non-hydrogen) atoms. The molecule has 0 aromatic heterocycles. The SMILES string of the molecule is CCOC(=O)[C@]1(Cc2ccccc2C)CCCN(S(=O)(=O)CC)C1. The first-order valence-electron chi connectivity index (χ1n) is 8.54. The van der Waals surface area contributed by atoms with E-state index in [1.54, 1.807) is 13.8 Å². The third kappa shape index (κ3) is 3.98. The van der Waals surface area contributed by atoms with E-state index in [2.05, 4.69) is 0 Å². The van der Waals surface area contributed by atoms with Gasteiger partial charge in [-0.05, 0) is 51.2 Å². The molecule has 134 valence electrons. The molecule has 1 heterocycles. The highest BCUT2D eigenvalue weighted by Gasteiger charge is 2.46. The molecular formula is C18H27NO4S. The van der Waals surface area contributed by atoms with E-state index in [9.17, 15) is 13.2 Å². The standard InChI is InChI=1S/C18H27NO4S/c1-4-23-17(20)18(13-16-10-7-6-9-15(16)3)11-8-12-19(14-18)24(21,22)5-2/h6-7,9-10H,4-5,8,11-14H2,1-3H3/t18-/m0/s1. The summed E-state index contributed by atoms with van der Waals surface area (Å²) in [6, 6.07) is 7.93. The maximum absolute atomic E-state index is 12.8. The van der Waals surface area contributed by atoms with E-state index in [4.69, 9.17) is 4.74 Å². The van der Waals surface area contributed by atoms with E-state index >= 15 is 0 Å². The fraction of sp³-hybridized carbons (Fsp3) is 0.611. The van der Waals surface area contributed by atoms with E-state index in [1.807, 2.05) is 31.2 Å². The average Bonchev–Trinajstić information content (AvgIpc) is 2.57. The van der Waals surface area contributed by atoms with Gasteiger partial charge < -0.3 is 4.74 Å². The molecule has 5 nitrogen and oxygen atoms in total. The van der Waals surface area contributed by atoms with Crippen LogP contribution >= 0.6 is 0 Å². The first kappa shape index (κ1) is 18.9. The molecule has 6 heteroatoms. The summed E-state index contributed by atoms with van der Waals surface area (Å²) >= 11 is 0. The Hall–Kier alpha value is -1.40. The number of nitrogens with zero attached hydrogens (tertiary/aromatic N) is 1. The Kier molecular flexibility index (Phi) is 6.04. The van der Waals surface area contributed by atoms with Gasteiger partial charge in [-0.1, -0.05) is 24.3 Å². The molecule has 1 aromatic rings. The van der Waals surface area contributed by atoms with Gasteiger partial charge in [-0.2, -0.15) is 0 Å². The number of sulfonamides is 1. The van der Waals surface area contributed by atoms with Crippen molar-refractivity contribution in [2.45, 2.75) is 40.0 Å². The summed E-state index contributed by atoms with van der Waals surface area (Å²) in [5.74, 6) is -0.236. The second kappa shape index (κ2) is 7.66. The summed E-state index contributed by atoms with van der Waals surface area (Å²) in [6.07, 6.45) is 1.83. The maximum atomic E-state index is 12.8. The van der Waals surface area contributed by atoms with Gasteiger partial charge in [0.1, 0.15) is 0 Å². The van der Waals surface area contributed by atoms with Crippen molar-refractivity contribution in [1.82, 2.24) is 4.31 Å². The average molecular weight is 353 g/mol. The van der Waals surface area contributed by atoms with Crippen LogP contribution in [0.2, 0.25) is 0 Å². The molecule has 1 aliphatic rings. The van der Waals surface area contributed by atoms with Crippen molar-refractivity contribution in [2.75, 3.05) is 25.4 Å². The van der Waals surface area contributed by atoms with Gasteiger partial charge in [0.05, 0.1) is 17.8 Å². The van der Waals surface area contributed by atoms with Crippen molar-refractivity contribution >= 4 is 16.0 Å². The molecule has 1 saturated heterocycles. The Morgan fingerprint density at radius 1 is 1.29 bits per heavy atom.